The molecule has 24 heavy (non-hydrogen) atoms. The molecule has 0 heterocycles. The van der Waals surface area contributed by atoms with Gasteiger partial charge in [-0.25, -0.2) is 9.59 Å². The van der Waals surface area contributed by atoms with Gasteiger partial charge in [-0.15, -0.1) is 0 Å². The van der Waals surface area contributed by atoms with E-state index in [0.717, 1.165) is 25.7 Å². The number of unbranched alkanes of at least 4 members (excludes halogenated alkanes) is 4. The summed E-state index contributed by atoms with van der Waals surface area (Å²) in [7, 11) is 0. The van der Waals surface area contributed by atoms with Crippen molar-refractivity contribution < 1.29 is 19.1 Å². The van der Waals surface area contributed by atoms with E-state index in [1.54, 1.807) is 41.5 Å². The van der Waals surface area contributed by atoms with Gasteiger partial charge in [-0.3, -0.25) is 0 Å². The van der Waals surface area contributed by atoms with Gasteiger partial charge in [-0.1, -0.05) is 25.7 Å². The summed E-state index contributed by atoms with van der Waals surface area (Å²) in [4.78, 5) is 25.0. The van der Waals surface area contributed by atoms with Crippen molar-refractivity contribution in [2.45, 2.75) is 96.8 Å². The first kappa shape index (κ1) is 22.9. The topological polar surface area (TPSA) is 105 Å². The SMILES string of the molecule is CC(C)(C)OC(=O)C(N)(CCCCCCCN)C(=O)OC(C)(C)C. The van der Waals surface area contributed by atoms with E-state index in [4.69, 9.17) is 20.9 Å². The van der Waals surface area contributed by atoms with E-state index in [9.17, 15) is 9.59 Å². The van der Waals surface area contributed by atoms with Gasteiger partial charge in [-0.05, 0) is 60.9 Å². The molecule has 0 aliphatic carbocycles. The molecule has 0 aromatic carbocycles. The summed E-state index contributed by atoms with van der Waals surface area (Å²) >= 11 is 0. The van der Waals surface area contributed by atoms with Crippen molar-refractivity contribution in [3.8, 4) is 0 Å². The van der Waals surface area contributed by atoms with Crippen LogP contribution in [0.2, 0.25) is 0 Å². The lowest BCUT2D eigenvalue weighted by Crippen LogP contribution is -2.59. The predicted octanol–water partition coefficient (Wildman–Crippen LogP) is 2.67. The monoisotopic (exact) mass is 344 g/mol. The van der Waals surface area contributed by atoms with Crippen molar-refractivity contribution in [2.24, 2.45) is 11.5 Å². The minimum atomic E-state index is -1.77. The molecule has 0 saturated carbocycles. The van der Waals surface area contributed by atoms with Gasteiger partial charge in [0.15, 0.2) is 0 Å². The van der Waals surface area contributed by atoms with Gasteiger partial charge in [-0.2, -0.15) is 0 Å². The first-order chi connectivity index (χ1) is 10.8. The first-order valence-corrected chi connectivity index (χ1v) is 8.78. The average molecular weight is 344 g/mol. The molecule has 0 rings (SSSR count). The van der Waals surface area contributed by atoms with E-state index in [1.165, 1.54) is 0 Å². The lowest BCUT2D eigenvalue weighted by atomic mass is 9.92. The second-order valence-corrected chi connectivity index (χ2v) is 8.28. The summed E-state index contributed by atoms with van der Waals surface area (Å²) < 4.78 is 10.7. The van der Waals surface area contributed by atoms with Gasteiger partial charge in [0, 0.05) is 0 Å². The molecule has 0 unspecified atom stereocenters. The van der Waals surface area contributed by atoms with Gasteiger partial charge < -0.3 is 20.9 Å². The Bertz CT molecular complexity index is 380. The fraction of sp³-hybridized carbons (Fsp3) is 0.889. The standard InChI is InChI=1S/C18H36N2O4/c1-16(2,3)23-14(21)18(20,15(22)24-17(4,5)6)12-10-8-7-9-11-13-19/h7-13,19-20H2,1-6H3. The lowest BCUT2D eigenvalue weighted by Gasteiger charge is -2.32. The summed E-state index contributed by atoms with van der Waals surface area (Å²) in [5, 5.41) is 0. The van der Waals surface area contributed by atoms with Crippen molar-refractivity contribution in [3.63, 3.8) is 0 Å². The predicted molar refractivity (Wildman–Crippen MR) is 95.4 cm³/mol. The third-order valence-electron chi connectivity index (χ3n) is 3.30. The number of hydrogen-bond acceptors (Lipinski definition) is 6. The number of ether oxygens (including phenoxy) is 2. The van der Waals surface area contributed by atoms with Crippen LogP contribution in [-0.2, 0) is 19.1 Å². The molecule has 0 aromatic heterocycles. The van der Waals surface area contributed by atoms with Gasteiger partial charge in [0.05, 0.1) is 0 Å². The number of carbonyl (C=O) groups excluding carboxylic acids is 2. The number of carbonyl (C=O) groups is 2. The molecule has 0 fully saturated rings. The fourth-order valence-corrected chi connectivity index (χ4v) is 2.10. The van der Waals surface area contributed by atoms with Crippen molar-refractivity contribution >= 4 is 11.9 Å². The highest BCUT2D eigenvalue weighted by atomic mass is 16.6. The molecule has 0 aliphatic heterocycles. The highest BCUT2D eigenvalue weighted by molar-refractivity contribution is 6.04. The van der Waals surface area contributed by atoms with E-state index in [2.05, 4.69) is 0 Å². The third-order valence-corrected chi connectivity index (χ3v) is 3.30. The van der Waals surface area contributed by atoms with Gasteiger partial charge in [0.2, 0.25) is 5.54 Å². The lowest BCUT2D eigenvalue weighted by molar-refractivity contribution is -0.177. The highest BCUT2D eigenvalue weighted by Gasteiger charge is 2.47. The molecule has 0 amide bonds. The van der Waals surface area contributed by atoms with Crippen LogP contribution in [0.5, 0.6) is 0 Å². The first-order valence-electron chi connectivity index (χ1n) is 8.78. The number of rotatable bonds is 9. The maximum absolute atomic E-state index is 12.5. The van der Waals surface area contributed by atoms with E-state index in [1.807, 2.05) is 0 Å². The second-order valence-electron chi connectivity index (χ2n) is 8.28. The largest absolute Gasteiger partial charge is 0.458 e. The Balaban J connectivity index is 4.94. The van der Waals surface area contributed by atoms with Crippen molar-refractivity contribution in [1.29, 1.82) is 0 Å². The molecule has 4 N–H and O–H groups in total. The zero-order chi connectivity index (χ0) is 19.0. The van der Waals surface area contributed by atoms with Crippen molar-refractivity contribution in [3.05, 3.63) is 0 Å². The molecular weight excluding hydrogens is 308 g/mol. The molecule has 0 atom stereocenters. The highest BCUT2D eigenvalue weighted by Crippen LogP contribution is 2.23. The summed E-state index contributed by atoms with van der Waals surface area (Å²) in [5.74, 6) is -1.46. The van der Waals surface area contributed by atoms with Crippen LogP contribution >= 0.6 is 0 Å². The average Bonchev–Trinajstić information content (AvgIpc) is 2.38. The Morgan fingerprint density at radius 2 is 1.12 bits per heavy atom. The Labute approximate surface area is 146 Å². The smallest absolute Gasteiger partial charge is 0.338 e. The van der Waals surface area contributed by atoms with Crippen LogP contribution in [0.4, 0.5) is 0 Å². The number of hydrogen-bond donors (Lipinski definition) is 2. The van der Waals surface area contributed by atoms with Crippen molar-refractivity contribution in [1.82, 2.24) is 0 Å². The molecule has 0 saturated heterocycles. The second kappa shape index (κ2) is 9.37. The normalized spacial score (nSPS) is 12.8. The number of nitrogens with two attached hydrogens (primary N) is 2. The summed E-state index contributed by atoms with van der Waals surface area (Å²) in [5.41, 5.74) is 8.43. The van der Waals surface area contributed by atoms with Crippen LogP contribution < -0.4 is 11.5 Å². The molecule has 0 spiro atoms. The number of esters is 2. The maximum atomic E-state index is 12.5. The maximum Gasteiger partial charge on any atom is 0.338 e. The summed E-state index contributed by atoms with van der Waals surface area (Å²) in [6.07, 6.45) is 4.75. The fourth-order valence-electron chi connectivity index (χ4n) is 2.10. The zero-order valence-corrected chi connectivity index (χ0v) is 16.2. The Hall–Kier alpha value is -1.14. The molecule has 0 aliphatic rings. The molecule has 0 radical (unpaired) electrons. The van der Waals surface area contributed by atoms with Crippen LogP contribution in [0.3, 0.4) is 0 Å². The van der Waals surface area contributed by atoms with E-state index in [0.29, 0.717) is 13.0 Å². The molecule has 6 heteroatoms. The van der Waals surface area contributed by atoms with Gasteiger partial charge >= 0.3 is 11.9 Å². The van der Waals surface area contributed by atoms with E-state index in [-0.39, 0.29) is 6.42 Å². The minimum Gasteiger partial charge on any atom is -0.458 e. The minimum absolute atomic E-state index is 0.208. The van der Waals surface area contributed by atoms with Crippen LogP contribution in [0.15, 0.2) is 0 Å². The third kappa shape index (κ3) is 9.23. The Morgan fingerprint density at radius 1 is 0.750 bits per heavy atom. The van der Waals surface area contributed by atoms with Gasteiger partial charge in [0.25, 0.3) is 0 Å². The van der Waals surface area contributed by atoms with E-state index < -0.39 is 28.7 Å². The summed E-state index contributed by atoms with van der Waals surface area (Å²) in [6.45, 7) is 11.1. The van der Waals surface area contributed by atoms with Crippen molar-refractivity contribution in [2.75, 3.05) is 6.54 Å². The molecular formula is C18H36N2O4. The molecule has 142 valence electrons. The Kier molecular flexibility index (Phi) is 8.93. The summed E-state index contributed by atoms with van der Waals surface area (Å²) in [6, 6.07) is 0. The van der Waals surface area contributed by atoms with E-state index >= 15 is 0 Å². The zero-order valence-electron chi connectivity index (χ0n) is 16.2. The van der Waals surface area contributed by atoms with Crippen LogP contribution in [0.25, 0.3) is 0 Å². The van der Waals surface area contributed by atoms with Crippen LogP contribution in [0, 0.1) is 0 Å². The molecule has 0 bridgehead atoms. The van der Waals surface area contributed by atoms with Crippen LogP contribution in [-0.4, -0.2) is 35.2 Å². The molecule has 0 aromatic rings. The Morgan fingerprint density at radius 3 is 1.50 bits per heavy atom. The van der Waals surface area contributed by atoms with Crippen LogP contribution in [0.1, 0.15) is 80.1 Å². The molecule has 6 nitrogen and oxygen atoms in total. The van der Waals surface area contributed by atoms with Gasteiger partial charge in [0.1, 0.15) is 11.2 Å². The quantitative estimate of drug-likeness (QED) is 0.378.